The SMILES string of the molecule is CCCOCCNc1cccc(OC(C)CC)c1. The van der Waals surface area contributed by atoms with Gasteiger partial charge in [-0.25, -0.2) is 0 Å². The molecule has 1 N–H and O–H groups in total. The molecule has 0 aliphatic carbocycles. The Labute approximate surface area is 110 Å². The van der Waals surface area contributed by atoms with Crippen molar-refractivity contribution in [2.45, 2.75) is 39.7 Å². The van der Waals surface area contributed by atoms with Gasteiger partial charge in [-0.3, -0.25) is 0 Å². The Morgan fingerprint density at radius 3 is 2.78 bits per heavy atom. The summed E-state index contributed by atoms with van der Waals surface area (Å²) in [6.07, 6.45) is 2.34. The van der Waals surface area contributed by atoms with E-state index >= 15 is 0 Å². The van der Waals surface area contributed by atoms with Crippen molar-refractivity contribution in [1.82, 2.24) is 0 Å². The van der Waals surface area contributed by atoms with Crippen LogP contribution in [0.2, 0.25) is 0 Å². The van der Waals surface area contributed by atoms with E-state index in [0.29, 0.717) is 0 Å². The quantitative estimate of drug-likeness (QED) is 0.679. The summed E-state index contributed by atoms with van der Waals surface area (Å²) in [7, 11) is 0. The molecule has 0 saturated carbocycles. The third-order valence-corrected chi connectivity index (χ3v) is 2.67. The third kappa shape index (κ3) is 5.92. The largest absolute Gasteiger partial charge is 0.491 e. The van der Waals surface area contributed by atoms with E-state index in [1.54, 1.807) is 0 Å². The monoisotopic (exact) mass is 251 g/mol. The lowest BCUT2D eigenvalue weighted by atomic mass is 10.2. The first-order valence-electron chi connectivity index (χ1n) is 6.84. The predicted molar refractivity (Wildman–Crippen MR) is 76.4 cm³/mol. The first-order valence-corrected chi connectivity index (χ1v) is 6.84. The molecule has 1 aromatic rings. The van der Waals surface area contributed by atoms with Crippen LogP contribution < -0.4 is 10.1 Å². The van der Waals surface area contributed by atoms with E-state index < -0.39 is 0 Å². The van der Waals surface area contributed by atoms with Gasteiger partial charge in [0.05, 0.1) is 12.7 Å². The van der Waals surface area contributed by atoms with Gasteiger partial charge in [-0.2, -0.15) is 0 Å². The van der Waals surface area contributed by atoms with E-state index in [9.17, 15) is 0 Å². The first kappa shape index (κ1) is 14.8. The summed E-state index contributed by atoms with van der Waals surface area (Å²) in [5.74, 6) is 0.920. The van der Waals surface area contributed by atoms with Crippen LogP contribution in [0.15, 0.2) is 24.3 Å². The first-order chi connectivity index (χ1) is 8.76. The molecular formula is C15H25NO2. The summed E-state index contributed by atoms with van der Waals surface area (Å²) in [4.78, 5) is 0. The zero-order valence-corrected chi connectivity index (χ0v) is 11.7. The van der Waals surface area contributed by atoms with E-state index in [1.165, 1.54) is 0 Å². The number of anilines is 1. The van der Waals surface area contributed by atoms with Crippen molar-refractivity contribution < 1.29 is 9.47 Å². The third-order valence-electron chi connectivity index (χ3n) is 2.67. The summed E-state index contributed by atoms with van der Waals surface area (Å²) >= 11 is 0. The Morgan fingerprint density at radius 1 is 1.22 bits per heavy atom. The molecule has 0 fully saturated rings. The standard InChI is InChI=1S/C15H25NO2/c1-4-10-17-11-9-16-14-7-6-8-15(12-14)18-13(3)5-2/h6-8,12-13,16H,4-5,9-11H2,1-3H3. The van der Waals surface area contributed by atoms with Crippen molar-refractivity contribution in [3.63, 3.8) is 0 Å². The van der Waals surface area contributed by atoms with E-state index in [0.717, 1.165) is 44.0 Å². The topological polar surface area (TPSA) is 30.5 Å². The second kappa shape index (κ2) is 8.81. The molecule has 1 aromatic carbocycles. The Morgan fingerprint density at radius 2 is 2.06 bits per heavy atom. The molecule has 3 nitrogen and oxygen atoms in total. The molecule has 1 unspecified atom stereocenters. The van der Waals surface area contributed by atoms with Crippen LogP contribution in [0.1, 0.15) is 33.6 Å². The number of hydrogen-bond acceptors (Lipinski definition) is 3. The van der Waals surface area contributed by atoms with Crippen molar-refractivity contribution in [2.24, 2.45) is 0 Å². The molecule has 0 amide bonds. The molecule has 0 aliphatic heterocycles. The van der Waals surface area contributed by atoms with Gasteiger partial charge in [-0.1, -0.05) is 19.9 Å². The van der Waals surface area contributed by atoms with Gasteiger partial charge in [0.1, 0.15) is 5.75 Å². The highest BCUT2D eigenvalue weighted by Crippen LogP contribution is 2.18. The highest BCUT2D eigenvalue weighted by Gasteiger charge is 2.01. The molecular weight excluding hydrogens is 226 g/mol. The highest BCUT2D eigenvalue weighted by atomic mass is 16.5. The fourth-order valence-electron chi connectivity index (χ4n) is 1.51. The number of rotatable bonds is 9. The second-order valence-electron chi connectivity index (χ2n) is 4.40. The fraction of sp³-hybridized carbons (Fsp3) is 0.600. The van der Waals surface area contributed by atoms with Crippen molar-refractivity contribution in [3.8, 4) is 5.75 Å². The Kier molecular flexibility index (Phi) is 7.26. The Hall–Kier alpha value is -1.22. The van der Waals surface area contributed by atoms with Gasteiger partial charge in [0.25, 0.3) is 0 Å². The molecule has 1 rings (SSSR count). The molecule has 0 aliphatic rings. The summed E-state index contributed by atoms with van der Waals surface area (Å²) in [5.41, 5.74) is 1.08. The van der Waals surface area contributed by atoms with Crippen LogP contribution in [0.25, 0.3) is 0 Å². The molecule has 0 radical (unpaired) electrons. The normalized spacial score (nSPS) is 12.2. The van der Waals surface area contributed by atoms with Crippen molar-refractivity contribution >= 4 is 5.69 Å². The number of hydrogen-bond donors (Lipinski definition) is 1. The summed E-state index contributed by atoms with van der Waals surface area (Å²) < 4.78 is 11.2. The minimum Gasteiger partial charge on any atom is -0.491 e. The lowest BCUT2D eigenvalue weighted by Crippen LogP contribution is -2.11. The maximum Gasteiger partial charge on any atom is 0.121 e. The number of benzene rings is 1. The molecule has 0 bridgehead atoms. The molecule has 1 atom stereocenters. The lowest BCUT2D eigenvalue weighted by Gasteiger charge is -2.14. The van der Waals surface area contributed by atoms with Crippen LogP contribution in [0.4, 0.5) is 5.69 Å². The number of ether oxygens (including phenoxy) is 2. The molecule has 0 saturated heterocycles. The fourth-order valence-corrected chi connectivity index (χ4v) is 1.51. The average molecular weight is 251 g/mol. The summed E-state index contributed by atoms with van der Waals surface area (Å²) in [6.45, 7) is 8.72. The van der Waals surface area contributed by atoms with Crippen molar-refractivity contribution in [1.29, 1.82) is 0 Å². The molecule has 0 aromatic heterocycles. The zero-order valence-electron chi connectivity index (χ0n) is 11.7. The minimum absolute atomic E-state index is 0.258. The Balaban J connectivity index is 2.35. The van der Waals surface area contributed by atoms with Gasteiger partial charge < -0.3 is 14.8 Å². The maximum atomic E-state index is 5.78. The average Bonchev–Trinajstić information content (AvgIpc) is 2.39. The second-order valence-corrected chi connectivity index (χ2v) is 4.40. The number of nitrogens with one attached hydrogen (secondary N) is 1. The zero-order chi connectivity index (χ0) is 13.2. The van der Waals surface area contributed by atoms with Gasteiger partial charge in [0.15, 0.2) is 0 Å². The van der Waals surface area contributed by atoms with Crippen molar-refractivity contribution in [2.75, 3.05) is 25.1 Å². The molecule has 3 heteroatoms. The molecule has 18 heavy (non-hydrogen) atoms. The van der Waals surface area contributed by atoms with E-state index in [1.807, 2.05) is 24.3 Å². The maximum absolute atomic E-state index is 5.78. The van der Waals surface area contributed by atoms with Gasteiger partial charge in [0.2, 0.25) is 0 Å². The van der Waals surface area contributed by atoms with E-state index in [4.69, 9.17) is 9.47 Å². The van der Waals surface area contributed by atoms with E-state index in [-0.39, 0.29) is 6.10 Å². The summed E-state index contributed by atoms with van der Waals surface area (Å²) in [5, 5.41) is 3.33. The predicted octanol–water partition coefficient (Wildman–Crippen LogP) is 3.70. The van der Waals surface area contributed by atoms with Gasteiger partial charge >= 0.3 is 0 Å². The molecule has 0 heterocycles. The molecule has 102 valence electrons. The van der Waals surface area contributed by atoms with Crippen LogP contribution in [0, 0.1) is 0 Å². The smallest absolute Gasteiger partial charge is 0.121 e. The van der Waals surface area contributed by atoms with E-state index in [2.05, 4.69) is 26.1 Å². The Bertz CT molecular complexity index is 328. The van der Waals surface area contributed by atoms with Crippen LogP contribution >= 0.6 is 0 Å². The lowest BCUT2D eigenvalue weighted by molar-refractivity contribution is 0.144. The van der Waals surface area contributed by atoms with Crippen molar-refractivity contribution in [3.05, 3.63) is 24.3 Å². The molecule has 0 spiro atoms. The van der Waals surface area contributed by atoms with Gasteiger partial charge in [0, 0.05) is 24.9 Å². The van der Waals surface area contributed by atoms with Crippen LogP contribution in [0.3, 0.4) is 0 Å². The minimum atomic E-state index is 0.258. The van der Waals surface area contributed by atoms with Gasteiger partial charge in [-0.05, 0) is 31.9 Å². The summed E-state index contributed by atoms with van der Waals surface area (Å²) in [6, 6.07) is 8.08. The van der Waals surface area contributed by atoms with Crippen LogP contribution in [-0.4, -0.2) is 25.9 Å². The van der Waals surface area contributed by atoms with Crippen LogP contribution in [0.5, 0.6) is 5.75 Å². The van der Waals surface area contributed by atoms with Gasteiger partial charge in [-0.15, -0.1) is 0 Å². The highest BCUT2D eigenvalue weighted by molar-refractivity contribution is 5.48. The van der Waals surface area contributed by atoms with Crippen LogP contribution in [-0.2, 0) is 4.74 Å².